The molecule has 1 heteroatoms. The summed E-state index contributed by atoms with van der Waals surface area (Å²) in [5.74, 6) is 0. The monoisotopic (exact) mass is 209 g/mol. The van der Waals surface area contributed by atoms with Crippen LogP contribution in [0.2, 0.25) is 0 Å². The normalized spacial score (nSPS) is 8.00. The molecule has 88 valence electrons. The zero-order valence-corrected chi connectivity index (χ0v) is 10.9. The summed E-state index contributed by atoms with van der Waals surface area (Å²) in [5.41, 5.74) is 0. The fourth-order valence-electron chi connectivity index (χ4n) is 0.989. The van der Waals surface area contributed by atoms with Crippen LogP contribution in [0.15, 0.2) is 30.6 Å². The largest absolute Gasteiger partial charge is 0.265 e. The van der Waals surface area contributed by atoms with Gasteiger partial charge in [-0.1, -0.05) is 65.9 Å². The molecule has 0 aromatic carbocycles. The molecule has 1 rings (SSSR count). The lowest BCUT2D eigenvalue weighted by Gasteiger charge is -1.90. The first kappa shape index (κ1) is 16.6. The van der Waals surface area contributed by atoms with E-state index < -0.39 is 0 Å². The number of unbranched alkanes of at least 4 members (excludes halogenated alkanes) is 4. The Hall–Kier alpha value is -0.850. The molecule has 0 unspecified atom stereocenters. The molecule has 0 aliphatic heterocycles. The number of rotatable bonds is 4. The van der Waals surface area contributed by atoms with Gasteiger partial charge < -0.3 is 0 Å². The number of pyridine rings is 1. The Balaban J connectivity index is 0. The highest BCUT2D eigenvalue weighted by Gasteiger charge is 1.80. The molecule has 0 radical (unpaired) electrons. The highest BCUT2D eigenvalue weighted by Crippen LogP contribution is 2.00. The van der Waals surface area contributed by atoms with Gasteiger partial charge in [0.1, 0.15) is 0 Å². The fraction of sp³-hybridized carbons (Fsp3) is 0.643. The van der Waals surface area contributed by atoms with E-state index >= 15 is 0 Å². The van der Waals surface area contributed by atoms with E-state index in [4.69, 9.17) is 0 Å². The maximum Gasteiger partial charge on any atom is 0.0267 e. The second kappa shape index (κ2) is 18.8. The van der Waals surface area contributed by atoms with Crippen LogP contribution in [0.5, 0.6) is 0 Å². The van der Waals surface area contributed by atoms with Crippen LogP contribution in [0, 0.1) is 0 Å². The molecule has 15 heavy (non-hydrogen) atoms. The lowest BCUT2D eigenvalue weighted by molar-refractivity contribution is 0.656. The molecule has 0 fully saturated rings. The molecule has 1 aromatic rings. The Bertz CT molecular complexity index is 130. The summed E-state index contributed by atoms with van der Waals surface area (Å²) < 4.78 is 0. The van der Waals surface area contributed by atoms with Crippen LogP contribution in [0.25, 0.3) is 0 Å². The molecule has 0 amide bonds. The predicted molar refractivity (Wildman–Crippen MR) is 70.0 cm³/mol. The average molecular weight is 209 g/mol. The Morgan fingerprint density at radius 1 is 0.733 bits per heavy atom. The summed E-state index contributed by atoms with van der Waals surface area (Å²) in [6.07, 6.45) is 10.5. The minimum Gasteiger partial charge on any atom is -0.265 e. The summed E-state index contributed by atoms with van der Waals surface area (Å²) in [4.78, 5) is 3.78. The topological polar surface area (TPSA) is 12.9 Å². The Morgan fingerprint density at radius 2 is 1.20 bits per heavy atom. The van der Waals surface area contributed by atoms with Gasteiger partial charge in [-0.2, -0.15) is 0 Å². The van der Waals surface area contributed by atoms with Crippen molar-refractivity contribution in [2.24, 2.45) is 0 Å². The van der Waals surface area contributed by atoms with Gasteiger partial charge in [0.25, 0.3) is 0 Å². The lowest BCUT2D eigenvalue weighted by atomic mass is 10.2. The molecule has 0 spiro atoms. The summed E-state index contributed by atoms with van der Waals surface area (Å²) in [7, 11) is 0. The Kier molecular flexibility index (Phi) is 20.8. The molecule has 0 saturated heterocycles. The van der Waals surface area contributed by atoms with E-state index in [1.54, 1.807) is 12.4 Å². The van der Waals surface area contributed by atoms with Crippen LogP contribution < -0.4 is 0 Å². The van der Waals surface area contributed by atoms with Crippen molar-refractivity contribution in [3.63, 3.8) is 0 Å². The summed E-state index contributed by atoms with van der Waals surface area (Å²) in [5, 5.41) is 0. The summed E-state index contributed by atoms with van der Waals surface area (Å²) >= 11 is 0. The van der Waals surface area contributed by atoms with E-state index in [2.05, 4.69) is 18.8 Å². The molecule has 0 bridgehead atoms. The highest BCUT2D eigenvalue weighted by molar-refractivity contribution is 4.88. The zero-order valence-electron chi connectivity index (χ0n) is 10.9. The van der Waals surface area contributed by atoms with E-state index in [0.29, 0.717) is 0 Å². The van der Waals surface area contributed by atoms with Crippen molar-refractivity contribution in [1.29, 1.82) is 0 Å². The smallest absolute Gasteiger partial charge is 0.0267 e. The van der Waals surface area contributed by atoms with Gasteiger partial charge in [-0.15, -0.1) is 0 Å². The van der Waals surface area contributed by atoms with E-state index in [0.717, 1.165) is 0 Å². The predicted octanol–water partition coefficient (Wildman–Crippen LogP) is 5.08. The first-order valence-electron chi connectivity index (χ1n) is 6.26. The van der Waals surface area contributed by atoms with Crippen LogP contribution in [0.1, 0.15) is 59.8 Å². The van der Waals surface area contributed by atoms with Gasteiger partial charge in [0.15, 0.2) is 0 Å². The first-order chi connectivity index (χ1) is 7.41. The van der Waals surface area contributed by atoms with Gasteiger partial charge in [0.05, 0.1) is 0 Å². The van der Waals surface area contributed by atoms with Crippen molar-refractivity contribution in [2.75, 3.05) is 0 Å². The lowest BCUT2D eigenvalue weighted by Crippen LogP contribution is -1.70. The van der Waals surface area contributed by atoms with Gasteiger partial charge in [-0.25, -0.2) is 0 Å². The van der Waals surface area contributed by atoms with Crippen LogP contribution in [0.3, 0.4) is 0 Å². The standard InChI is InChI=1S/C7H16.C5H5N.C2H6/c1-3-5-7-6-4-2;1-2-4-6-5-3-1;1-2/h3-7H2,1-2H3;1-5H;1-2H3. The van der Waals surface area contributed by atoms with Gasteiger partial charge in [0.2, 0.25) is 0 Å². The SMILES string of the molecule is CC.CCCCCCC.c1ccncc1. The summed E-state index contributed by atoms with van der Waals surface area (Å²) in [6.45, 7) is 8.49. The van der Waals surface area contributed by atoms with E-state index in [1.165, 1.54) is 32.1 Å². The number of nitrogens with zero attached hydrogens (tertiary/aromatic N) is 1. The molecular weight excluding hydrogens is 182 g/mol. The van der Waals surface area contributed by atoms with Gasteiger partial charge >= 0.3 is 0 Å². The van der Waals surface area contributed by atoms with Crippen LogP contribution in [-0.2, 0) is 0 Å². The molecule has 1 aromatic heterocycles. The molecular formula is C14H27N. The van der Waals surface area contributed by atoms with Crippen LogP contribution >= 0.6 is 0 Å². The minimum absolute atomic E-state index is 1.36. The number of aromatic nitrogens is 1. The van der Waals surface area contributed by atoms with Crippen molar-refractivity contribution in [2.45, 2.75) is 59.8 Å². The maximum absolute atomic E-state index is 3.78. The first-order valence-corrected chi connectivity index (χ1v) is 6.26. The van der Waals surface area contributed by atoms with Gasteiger partial charge in [-0.05, 0) is 12.1 Å². The third-order valence-corrected chi connectivity index (χ3v) is 1.77. The summed E-state index contributed by atoms with van der Waals surface area (Å²) in [6, 6.07) is 5.72. The second-order valence-corrected chi connectivity index (χ2v) is 3.09. The van der Waals surface area contributed by atoms with Crippen LogP contribution in [-0.4, -0.2) is 4.98 Å². The molecule has 0 saturated carbocycles. The highest BCUT2D eigenvalue weighted by atomic mass is 14.6. The van der Waals surface area contributed by atoms with E-state index in [1.807, 2.05) is 32.0 Å². The number of hydrogen-bond acceptors (Lipinski definition) is 1. The molecule has 0 aliphatic rings. The second-order valence-electron chi connectivity index (χ2n) is 3.09. The maximum atomic E-state index is 3.78. The quantitative estimate of drug-likeness (QED) is 0.630. The molecule has 1 nitrogen and oxygen atoms in total. The van der Waals surface area contributed by atoms with Crippen molar-refractivity contribution in [3.05, 3.63) is 30.6 Å². The third kappa shape index (κ3) is 19.5. The van der Waals surface area contributed by atoms with Crippen LogP contribution in [0.4, 0.5) is 0 Å². The minimum atomic E-state index is 1.36. The van der Waals surface area contributed by atoms with E-state index in [-0.39, 0.29) is 0 Å². The van der Waals surface area contributed by atoms with Crippen molar-refractivity contribution < 1.29 is 0 Å². The third-order valence-electron chi connectivity index (χ3n) is 1.77. The average Bonchev–Trinajstić information content (AvgIpc) is 2.35. The zero-order chi connectivity index (χ0) is 11.8. The molecule has 1 heterocycles. The van der Waals surface area contributed by atoms with Crippen molar-refractivity contribution >= 4 is 0 Å². The molecule has 0 N–H and O–H groups in total. The van der Waals surface area contributed by atoms with Crippen molar-refractivity contribution in [3.8, 4) is 0 Å². The Labute approximate surface area is 95.9 Å². The fourth-order valence-corrected chi connectivity index (χ4v) is 0.989. The Morgan fingerprint density at radius 3 is 1.40 bits per heavy atom. The van der Waals surface area contributed by atoms with E-state index in [9.17, 15) is 0 Å². The molecule has 0 atom stereocenters. The number of hydrogen-bond donors (Lipinski definition) is 0. The van der Waals surface area contributed by atoms with Gasteiger partial charge in [0, 0.05) is 12.4 Å². The van der Waals surface area contributed by atoms with Gasteiger partial charge in [-0.3, -0.25) is 4.98 Å². The van der Waals surface area contributed by atoms with Crippen molar-refractivity contribution in [1.82, 2.24) is 4.98 Å². The molecule has 0 aliphatic carbocycles.